The summed E-state index contributed by atoms with van der Waals surface area (Å²) in [4.78, 5) is 53.0. The third-order valence-electron chi connectivity index (χ3n) is 23.6. The van der Waals surface area contributed by atoms with Crippen molar-refractivity contribution in [2.24, 2.45) is 50.2 Å². The Kier molecular flexibility index (Phi) is 21.3. The van der Waals surface area contributed by atoms with Crippen LogP contribution in [0.1, 0.15) is 135 Å². The molecule has 30 atom stereocenters. The largest absolute Gasteiger partial charge is 0.479 e. The van der Waals surface area contributed by atoms with Crippen molar-refractivity contribution in [3.63, 3.8) is 0 Å². The molecule has 0 aromatic heterocycles. The van der Waals surface area contributed by atoms with Crippen LogP contribution in [-0.2, 0) is 71.3 Å². The predicted molar refractivity (Wildman–Crippen MR) is 316 cm³/mol. The number of aliphatic hydroxyl groups excluding tert-OH is 11. The maximum atomic E-state index is 13.5. The van der Waals surface area contributed by atoms with Gasteiger partial charge in [0.05, 0.1) is 43.5 Å². The first-order valence-electron chi connectivity index (χ1n) is 32.3. The number of aliphatic carboxylic acids is 1. The first kappa shape index (κ1) is 72.6. The normalized spacial score (nSPS) is 48.4. The molecule has 27 nitrogen and oxygen atoms in total. The Morgan fingerprint density at radius 2 is 1.14 bits per heavy atom. The fraction of sp³-hybridized carbons (Fsp3) is 0.846. The molecule has 9 rings (SSSR count). The molecular weight excluding hydrogens is 1210 g/mol. The van der Waals surface area contributed by atoms with E-state index in [1.54, 1.807) is 33.8 Å². The molecule has 4 heterocycles. The van der Waals surface area contributed by atoms with Crippen molar-refractivity contribution in [2.45, 2.75) is 276 Å². The van der Waals surface area contributed by atoms with Gasteiger partial charge in [-0.2, -0.15) is 0 Å². The molecule has 0 aromatic rings. The molecule has 0 spiro atoms. The zero-order valence-electron chi connectivity index (χ0n) is 54.8. The number of ether oxygens (including phenoxy) is 11. The van der Waals surface area contributed by atoms with E-state index in [4.69, 9.17) is 52.1 Å². The number of hydrogen-bond acceptors (Lipinski definition) is 26. The van der Waals surface area contributed by atoms with Crippen LogP contribution < -0.4 is 0 Å². The Bertz CT molecular complexity index is 2790. The Morgan fingerprint density at radius 1 is 0.587 bits per heavy atom. The average molecular weight is 1310 g/mol. The van der Waals surface area contributed by atoms with Crippen LogP contribution in [0.25, 0.3) is 0 Å². The molecule has 522 valence electrons. The molecule has 4 saturated carbocycles. The second-order valence-corrected chi connectivity index (χ2v) is 29.3. The minimum atomic E-state index is -2.13. The van der Waals surface area contributed by atoms with Crippen LogP contribution >= 0.6 is 0 Å². The summed E-state index contributed by atoms with van der Waals surface area (Å²) >= 11 is 0. The van der Waals surface area contributed by atoms with Crippen molar-refractivity contribution in [3.8, 4) is 0 Å². The summed E-state index contributed by atoms with van der Waals surface area (Å²) in [5.41, 5.74) is -3.55. The minimum Gasteiger partial charge on any atom is -0.479 e. The van der Waals surface area contributed by atoms with E-state index in [0.29, 0.717) is 32.1 Å². The Balaban J connectivity index is 1.01. The number of aliphatic hydroxyl groups is 11. The number of carboxylic acid groups (broad SMARTS) is 1. The number of carbonyl (C=O) groups is 4. The number of carboxylic acids is 1. The highest BCUT2D eigenvalue weighted by molar-refractivity contribution is 5.88. The molecule has 92 heavy (non-hydrogen) atoms. The van der Waals surface area contributed by atoms with E-state index < -0.39 is 223 Å². The van der Waals surface area contributed by atoms with Gasteiger partial charge in [0.25, 0.3) is 0 Å². The molecule has 8 fully saturated rings. The molecule has 4 aliphatic heterocycles. The average Bonchev–Trinajstić information content (AvgIpc) is 0.736. The maximum Gasteiger partial charge on any atom is 0.335 e. The van der Waals surface area contributed by atoms with Gasteiger partial charge < -0.3 is 113 Å². The lowest BCUT2D eigenvalue weighted by atomic mass is 9.33. The number of carbonyl (C=O) groups excluding carboxylic acids is 3. The van der Waals surface area contributed by atoms with E-state index >= 15 is 0 Å². The molecule has 27 heteroatoms. The quantitative estimate of drug-likeness (QED) is 0.0314. The minimum absolute atomic E-state index is 0.0439. The smallest absolute Gasteiger partial charge is 0.335 e. The lowest BCUT2D eigenvalue weighted by Crippen LogP contribution is -2.73. The van der Waals surface area contributed by atoms with Crippen molar-refractivity contribution < 1.29 is 133 Å². The molecule has 5 aliphatic carbocycles. The van der Waals surface area contributed by atoms with Crippen LogP contribution in [0.15, 0.2) is 34.9 Å². The van der Waals surface area contributed by atoms with Crippen LogP contribution in [0.2, 0.25) is 0 Å². The second kappa shape index (κ2) is 27.0. The van der Waals surface area contributed by atoms with Crippen LogP contribution in [0.3, 0.4) is 0 Å². The summed E-state index contributed by atoms with van der Waals surface area (Å²) in [5, 5.41) is 134. The summed E-state index contributed by atoms with van der Waals surface area (Å²) in [7, 11) is 0. The monoisotopic (exact) mass is 1310 g/mol. The van der Waals surface area contributed by atoms with Crippen LogP contribution in [0.5, 0.6) is 0 Å². The summed E-state index contributed by atoms with van der Waals surface area (Å²) in [6.07, 6.45) is -28.8. The topological polar surface area (TPSA) is 413 Å². The van der Waals surface area contributed by atoms with E-state index in [9.17, 15) is 80.5 Å². The fourth-order valence-corrected chi connectivity index (χ4v) is 17.9. The van der Waals surface area contributed by atoms with E-state index in [1.807, 2.05) is 27.7 Å². The number of hydrogen-bond donors (Lipinski definition) is 12. The third kappa shape index (κ3) is 12.2. The van der Waals surface area contributed by atoms with Crippen molar-refractivity contribution in [2.75, 3.05) is 19.8 Å². The van der Waals surface area contributed by atoms with E-state index in [-0.39, 0.29) is 35.8 Å². The standard InChI is InChI=1S/C65H100O27/c1-14-27(3)54(80)87-46-29(5)82-58(45(77)48(46)88-55(81)28(4)15-2)92-51-52(83-30(6)69)65(26-68)32(22-60(51,7)8)31-16-17-36-62(11)20-19-38(61(9,10)35(62)18-21-63(36,12)64(31,13)23-37(65)70)86-59-50(91-57-43(75)41(73)39(71)33(24-66)84-57)47(44(76)49(90-59)53(78)79)89-56-42(74)40(72)34(25-67)85-56/h14-16,29,32-52,56-59,66-68,70-77H,17-26H2,1-13H3,(H,78,79)/b27-14-,28-15-/t29?,32?,33?,34-,35?,36?,37+,38?,39-,40?,41?,42?,43?,44-,45?,46-,47?,48?,49?,50?,51-,52-,56-,57-,58-,59+,62-,63+,64+,65-/m0/s1. The maximum absolute atomic E-state index is 13.5. The lowest BCUT2D eigenvalue weighted by molar-refractivity contribution is -0.386. The molecule has 0 aromatic carbocycles. The summed E-state index contributed by atoms with van der Waals surface area (Å²) in [5.74, 6) is -4.65. The van der Waals surface area contributed by atoms with E-state index in [1.165, 1.54) is 19.9 Å². The van der Waals surface area contributed by atoms with Gasteiger partial charge in [-0.15, -0.1) is 0 Å². The highest BCUT2D eigenvalue weighted by Gasteiger charge is 2.74. The Labute approximate surface area is 535 Å². The molecular formula is C65H100O27. The van der Waals surface area contributed by atoms with Crippen molar-refractivity contribution in [3.05, 3.63) is 34.9 Å². The molecule has 12 N–H and O–H groups in total. The van der Waals surface area contributed by atoms with Gasteiger partial charge in [-0.3, -0.25) is 4.79 Å². The Hall–Kier alpha value is -3.66. The van der Waals surface area contributed by atoms with Crippen LogP contribution in [-0.4, -0.2) is 246 Å². The van der Waals surface area contributed by atoms with Crippen molar-refractivity contribution in [1.29, 1.82) is 0 Å². The predicted octanol–water partition coefficient (Wildman–Crippen LogP) is 0.715. The zero-order valence-corrected chi connectivity index (χ0v) is 54.8. The highest BCUT2D eigenvalue weighted by atomic mass is 16.8. The SMILES string of the molecule is C/C=C(/C)C(=O)OC1C(O)[C@H](O[C@H]2[C@H](OC(C)=O)[C@@]3(CO)C(CC2(C)C)C2=CCC4[C@@]5(C)CCC(O[C@@H]6OC(C(=O)O)[C@@H](O)C(O[C@@H]7O[C@@H](CO)C(O)C7O)C6O[C@@H]6OC(CO)[C@H](O)C(O)C6O)C(C)(C)C5CC[C@@]4(C)[C@]2(C)C[C@H]3O)OC(C)[C@@H]1OC(=O)/C(C)=C\C. The molecule has 0 amide bonds. The molecule has 0 bridgehead atoms. The van der Waals surface area contributed by atoms with Gasteiger partial charge >= 0.3 is 23.9 Å². The summed E-state index contributed by atoms with van der Waals surface area (Å²) in [6, 6.07) is 0. The number of allylic oxidation sites excluding steroid dienone is 4. The van der Waals surface area contributed by atoms with Crippen molar-refractivity contribution in [1.82, 2.24) is 0 Å². The van der Waals surface area contributed by atoms with Gasteiger partial charge in [0.1, 0.15) is 79.4 Å². The first-order chi connectivity index (χ1) is 43.0. The fourth-order valence-electron chi connectivity index (χ4n) is 17.9. The van der Waals surface area contributed by atoms with Crippen LogP contribution in [0, 0.1) is 50.2 Å². The molecule has 0 radical (unpaired) electrons. The number of rotatable bonds is 17. The Morgan fingerprint density at radius 3 is 1.70 bits per heavy atom. The number of esters is 3. The van der Waals surface area contributed by atoms with Gasteiger partial charge in [0.15, 0.2) is 43.5 Å². The molecule has 15 unspecified atom stereocenters. The summed E-state index contributed by atoms with van der Waals surface area (Å²) < 4.78 is 67.8. The van der Waals surface area contributed by atoms with E-state index in [2.05, 4.69) is 26.8 Å². The number of fused-ring (bicyclic) bond motifs is 7. The van der Waals surface area contributed by atoms with Crippen molar-refractivity contribution >= 4 is 23.9 Å². The van der Waals surface area contributed by atoms with E-state index in [0.717, 1.165) is 5.57 Å². The summed E-state index contributed by atoms with van der Waals surface area (Å²) in [6.45, 7) is 21.5. The van der Waals surface area contributed by atoms with Crippen LogP contribution in [0.4, 0.5) is 0 Å². The second-order valence-electron chi connectivity index (χ2n) is 29.3. The highest BCUT2D eigenvalue weighted by Crippen LogP contribution is 2.76. The third-order valence-corrected chi connectivity index (χ3v) is 23.6. The van der Waals surface area contributed by atoms with Gasteiger partial charge in [0.2, 0.25) is 0 Å². The molecule has 9 aliphatic rings. The van der Waals surface area contributed by atoms with Gasteiger partial charge in [-0.05, 0) is 124 Å². The van der Waals surface area contributed by atoms with Gasteiger partial charge in [-0.1, -0.05) is 72.3 Å². The van der Waals surface area contributed by atoms with Gasteiger partial charge in [-0.25, -0.2) is 14.4 Å². The lowest BCUT2D eigenvalue weighted by Gasteiger charge is -2.72. The molecule has 4 saturated heterocycles. The first-order valence-corrected chi connectivity index (χ1v) is 32.3. The zero-order chi connectivity index (χ0) is 68.0. The van der Waals surface area contributed by atoms with Gasteiger partial charge in [0, 0.05) is 18.1 Å².